The van der Waals surface area contributed by atoms with Crippen molar-refractivity contribution in [1.82, 2.24) is 9.88 Å². The Morgan fingerprint density at radius 3 is 2.75 bits per heavy atom. The zero-order chi connectivity index (χ0) is 14.5. The Morgan fingerprint density at radius 1 is 1.25 bits per heavy atom. The lowest BCUT2D eigenvalue weighted by molar-refractivity contribution is 0.408. The average molecular weight is 272 g/mol. The fourth-order valence-corrected chi connectivity index (χ4v) is 2.24. The summed E-state index contributed by atoms with van der Waals surface area (Å²) in [7, 11) is 1.72. The van der Waals surface area contributed by atoms with Crippen molar-refractivity contribution in [1.29, 1.82) is 0 Å². The van der Waals surface area contributed by atoms with Gasteiger partial charge in [-0.2, -0.15) is 0 Å². The maximum atomic E-state index is 5.43. The number of nitrogens with zero attached hydrogens (tertiary/aromatic N) is 1. The van der Waals surface area contributed by atoms with Gasteiger partial charge in [-0.1, -0.05) is 31.5 Å². The SMILES string of the molecule is COc1ccc(C)cc1Cn1ccc(CNC(C)C)c1. The van der Waals surface area contributed by atoms with Crippen LogP contribution in [0.25, 0.3) is 0 Å². The highest BCUT2D eigenvalue weighted by Gasteiger charge is 2.05. The molecule has 2 rings (SSSR count). The molecule has 0 aliphatic rings. The van der Waals surface area contributed by atoms with E-state index in [1.807, 2.05) is 6.07 Å². The van der Waals surface area contributed by atoms with Crippen LogP contribution < -0.4 is 10.1 Å². The number of rotatable bonds is 6. The molecule has 0 aliphatic heterocycles. The third-order valence-electron chi connectivity index (χ3n) is 3.31. The van der Waals surface area contributed by atoms with Gasteiger partial charge in [-0.15, -0.1) is 0 Å². The topological polar surface area (TPSA) is 26.2 Å². The van der Waals surface area contributed by atoms with Gasteiger partial charge >= 0.3 is 0 Å². The molecular weight excluding hydrogens is 248 g/mol. The summed E-state index contributed by atoms with van der Waals surface area (Å²) in [6, 6.07) is 8.98. The third-order valence-corrected chi connectivity index (χ3v) is 3.31. The van der Waals surface area contributed by atoms with Crippen molar-refractivity contribution >= 4 is 0 Å². The molecule has 1 N–H and O–H groups in total. The van der Waals surface area contributed by atoms with E-state index in [0.29, 0.717) is 6.04 Å². The molecule has 1 aromatic heterocycles. The van der Waals surface area contributed by atoms with E-state index in [1.54, 1.807) is 7.11 Å². The molecule has 1 heterocycles. The highest BCUT2D eigenvalue weighted by molar-refractivity contribution is 5.37. The average Bonchev–Trinajstić information content (AvgIpc) is 2.84. The van der Waals surface area contributed by atoms with Gasteiger partial charge in [-0.3, -0.25) is 0 Å². The fourth-order valence-electron chi connectivity index (χ4n) is 2.24. The molecular formula is C17H24N2O. The largest absolute Gasteiger partial charge is 0.496 e. The molecule has 1 aromatic carbocycles. The van der Waals surface area contributed by atoms with E-state index in [9.17, 15) is 0 Å². The van der Waals surface area contributed by atoms with Gasteiger partial charge in [0.25, 0.3) is 0 Å². The number of aryl methyl sites for hydroxylation is 1. The van der Waals surface area contributed by atoms with Gasteiger partial charge in [-0.05, 0) is 24.6 Å². The maximum Gasteiger partial charge on any atom is 0.123 e. The normalized spacial score (nSPS) is 11.1. The Balaban J connectivity index is 2.08. The van der Waals surface area contributed by atoms with E-state index in [0.717, 1.165) is 18.8 Å². The molecule has 0 saturated heterocycles. The number of hydrogen-bond acceptors (Lipinski definition) is 2. The molecule has 3 heteroatoms. The van der Waals surface area contributed by atoms with Gasteiger partial charge in [0.15, 0.2) is 0 Å². The van der Waals surface area contributed by atoms with E-state index < -0.39 is 0 Å². The highest BCUT2D eigenvalue weighted by atomic mass is 16.5. The van der Waals surface area contributed by atoms with Crippen LogP contribution in [-0.2, 0) is 13.1 Å². The molecule has 108 valence electrons. The highest BCUT2D eigenvalue weighted by Crippen LogP contribution is 2.21. The predicted octanol–water partition coefficient (Wildman–Crippen LogP) is 3.35. The Labute approximate surface area is 121 Å². The summed E-state index contributed by atoms with van der Waals surface area (Å²) in [6.07, 6.45) is 4.32. The first-order valence-electron chi connectivity index (χ1n) is 7.10. The standard InChI is InChI=1S/C17H24N2O/c1-13(2)18-10-15-7-8-19(11-15)12-16-9-14(3)5-6-17(16)20-4/h5-9,11,13,18H,10,12H2,1-4H3. The lowest BCUT2D eigenvalue weighted by Crippen LogP contribution is -2.21. The summed E-state index contributed by atoms with van der Waals surface area (Å²) in [6.45, 7) is 8.18. The number of benzene rings is 1. The molecule has 0 amide bonds. The van der Waals surface area contributed by atoms with Crippen LogP contribution in [0.4, 0.5) is 0 Å². The Bertz CT molecular complexity index is 558. The van der Waals surface area contributed by atoms with Gasteiger partial charge in [0.05, 0.1) is 13.7 Å². The van der Waals surface area contributed by atoms with E-state index in [1.165, 1.54) is 16.7 Å². The van der Waals surface area contributed by atoms with Crippen molar-refractivity contribution in [2.75, 3.05) is 7.11 Å². The smallest absolute Gasteiger partial charge is 0.123 e. The zero-order valence-corrected chi connectivity index (χ0v) is 12.8. The van der Waals surface area contributed by atoms with Gasteiger partial charge in [0.2, 0.25) is 0 Å². The second kappa shape index (κ2) is 6.62. The van der Waals surface area contributed by atoms with E-state index in [-0.39, 0.29) is 0 Å². The van der Waals surface area contributed by atoms with Gasteiger partial charge in [0, 0.05) is 30.5 Å². The number of hydrogen-bond donors (Lipinski definition) is 1. The zero-order valence-electron chi connectivity index (χ0n) is 12.8. The van der Waals surface area contributed by atoms with Crippen molar-refractivity contribution in [3.05, 3.63) is 53.3 Å². The quantitative estimate of drug-likeness (QED) is 0.872. The monoisotopic (exact) mass is 272 g/mol. The maximum absolute atomic E-state index is 5.43. The Kier molecular flexibility index (Phi) is 4.85. The molecule has 0 atom stereocenters. The number of aromatic nitrogens is 1. The van der Waals surface area contributed by atoms with Gasteiger partial charge in [-0.25, -0.2) is 0 Å². The molecule has 20 heavy (non-hydrogen) atoms. The molecule has 2 aromatic rings. The van der Waals surface area contributed by atoms with Crippen LogP contribution in [0.2, 0.25) is 0 Å². The summed E-state index contributed by atoms with van der Waals surface area (Å²) >= 11 is 0. The summed E-state index contributed by atoms with van der Waals surface area (Å²) in [5.74, 6) is 0.950. The molecule has 0 fully saturated rings. The van der Waals surface area contributed by atoms with E-state index in [2.05, 4.69) is 61.2 Å². The molecule has 0 saturated carbocycles. The third kappa shape index (κ3) is 3.87. The van der Waals surface area contributed by atoms with Gasteiger partial charge < -0.3 is 14.6 Å². The number of methoxy groups -OCH3 is 1. The van der Waals surface area contributed by atoms with Crippen LogP contribution in [0, 0.1) is 6.92 Å². The first-order chi connectivity index (χ1) is 9.58. The fraction of sp³-hybridized carbons (Fsp3) is 0.412. The number of ether oxygens (including phenoxy) is 1. The van der Waals surface area contributed by atoms with E-state index in [4.69, 9.17) is 4.74 Å². The Morgan fingerprint density at radius 2 is 2.05 bits per heavy atom. The molecule has 0 radical (unpaired) electrons. The van der Waals surface area contributed by atoms with Crippen LogP contribution in [0.3, 0.4) is 0 Å². The summed E-state index contributed by atoms with van der Waals surface area (Å²) < 4.78 is 7.64. The minimum absolute atomic E-state index is 0.509. The van der Waals surface area contributed by atoms with Crippen LogP contribution in [-0.4, -0.2) is 17.7 Å². The minimum Gasteiger partial charge on any atom is -0.496 e. The van der Waals surface area contributed by atoms with Crippen molar-refractivity contribution < 1.29 is 4.74 Å². The minimum atomic E-state index is 0.509. The lowest BCUT2D eigenvalue weighted by Gasteiger charge is -2.10. The predicted molar refractivity (Wildman–Crippen MR) is 83.2 cm³/mol. The van der Waals surface area contributed by atoms with Gasteiger partial charge in [0.1, 0.15) is 5.75 Å². The number of nitrogens with one attached hydrogen (secondary N) is 1. The lowest BCUT2D eigenvalue weighted by atomic mass is 10.1. The Hall–Kier alpha value is -1.74. The molecule has 0 unspecified atom stereocenters. The molecule has 0 aliphatic carbocycles. The molecule has 3 nitrogen and oxygen atoms in total. The van der Waals surface area contributed by atoms with E-state index >= 15 is 0 Å². The van der Waals surface area contributed by atoms with Crippen LogP contribution in [0.1, 0.15) is 30.5 Å². The van der Waals surface area contributed by atoms with Crippen LogP contribution >= 0.6 is 0 Å². The summed E-state index contributed by atoms with van der Waals surface area (Å²) in [5, 5.41) is 3.43. The van der Waals surface area contributed by atoms with Crippen LogP contribution in [0.15, 0.2) is 36.7 Å². The van der Waals surface area contributed by atoms with Crippen LogP contribution in [0.5, 0.6) is 5.75 Å². The van der Waals surface area contributed by atoms with Crippen molar-refractivity contribution in [2.45, 2.75) is 39.9 Å². The second-order valence-corrected chi connectivity index (χ2v) is 5.54. The summed E-state index contributed by atoms with van der Waals surface area (Å²) in [4.78, 5) is 0. The first kappa shape index (κ1) is 14.7. The van der Waals surface area contributed by atoms with Crippen molar-refractivity contribution in [3.63, 3.8) is 0 Å². The van der Waals surface area contributed by atoms with Crippen molar-refractivity contribution in [3.8, 4) is 5.75 Å². The first-order valence-corrected chi connectivity index (χ1v) is 7.10. The second-order valence-electron chi connectivity index (χ2n) is 5.54. The molecule has 0 bridgehead atoms. The van der Waals surface area contributed by atoms with Crippen molar-refractivity contribution in [2.24, 2.45) is 0 Å². The molecule has 0 spiro atoms. The summed E-state index contributed by atoms with van der Waals surface area (Å²) in [5.41, 5.74) is 3.78.